The Morgan fingerprint density at radius 1 is 1.00 bits per heavy atom. The first kappa shape index (κ1) is 22.3. The van der Waals surface area contributed by atoms with E-state index in [-0.39, 0.29) is 23.1 Å². The third-order valence-electron chi connectivity index (χ3n) is 6.42. The van der Waals surface area contributed by atoms with Gasteiger partial charge >= 0.3 is 0 Å². The molecule has 0 saturated carbocycles. The van der Waals surface area contributed by atoms with Crippen LogP contribution in [0.3, 0.4) is 0 Å². The van der Waals surface area contributed by atoms with Crippen LogP contribution in [-0.4, -0.2) is 61.9 Å². The van der Waals surface area contributed by atoms with Gasteiger partial charge in [0.1, 0.15) is 22.7 Å². The van der Waals surface area contributed by atoms with Crippen molar-refractivity contribution in [1.29, 1.82) is 0 Å². The maximum absolute atomic E-state index is 14.7. The Bertz CT molecular complexity index is 1230. The molecule has 0 spiro atoms. The lowest BCUT2D eigenvalue weighted by molar-refractivity contribution is 0.0777. The normalized spacial score (nSPS) is 20.2. The molecule has 0 radical (unpaired) electrons. The third-order valence-corrected chi connectivity index (χ3v) is 6.42. The molecule has 2 aromatic heterocycles. The second kappa shape index (κ2) is 8.07. The van der Waals surface area contributed by atoms with Gasteiger partial charge in [-0.05, 0) is 39.0 Å². The summed E-state index contributed by atoms with van der Waals surface area (Å²) in [7, 11) is 0. The molecule has 5 rings (SSSR count). The van der Waals surface area contributed by atoms with E-state index in [1.165, 1.54) is 26.2 Å². The van der Waals surface area contributed by atoms with Crippen LogP contribution in [0.4, 0.5) is 19.1 Å². The molecule has 1 aromatic carbocycles. The van der Waals surface area contributed by atoms with Gasteiger partial charge in [0.15, 0.2) is 5.82 Å². The van der Waals surface area contributed by atoms with Gasteiger partial charge in [-0.3, -0.25) is 4.79 Å². The maximum atomic E-state index is 14.7. The highest BCUT2D eigenvalue weighted by Crippen LogP contribution is 2.35. The van der Waals surface area contributed by atoms with Crippen molar-refractivity contribution in [3.05, 3.63) is 59.2 Å². The zero-order valence-electron chi connectivity index (χ0n) is 19.0. The summed E-state index contributed by atoms with van der Waals surface area (Å²) in [6.45, 7) is 6.66. The minimum absolute atomic E-state index is 0.109. The molecule has 34 heavy (non-hydrogen) atoms. The second-order valence-electron chi connectivity index (χ2n) is 9.37. The van der Waals surface area contributed by atoms with Crippen LogP contribution in [0, 0.1) is 30.4 Å². The van der Waals surface area contributed by atoms with Gasteiger partial charge in [-0.15, -0.1) is 4.80 Å². The number of anilines is 1. The molecule has 2 fully saturated rings. The quantitative estimate of drug-likeness (QED) is 0.582. The van der Waals surface area contributed by atoms with Crippen molar-refractivity contribution >= 4 is 11.9 Å². The van der Waals surface area contributed by atoms with Crippen molar-refractivity contribution < 1.29 is 18.0 Å². The number of aryl methyl sites for hydroxylation is 1. The maximum Gasteiger partial charge on any atom is 0.259 e. The first-order valence-corrected chi connectivity index (χ1v) is 11.1. The Labute approximate surface area is 194 Å². The number of hydrogen-bond donors (Lipinski definition) is 0. The van der Waals surface area contributed by atoms with Crippen LogP contribution in [0.2, 0.25) is 0 Å². The lowest BCUT2D eigenvalue weighted by Gasteiger charge is -2.24. The number of amides is 1. The van der Waals surface area contributed by atoms with Crippen LogP contribution in [-0.2, 0) is 5.67 Å². The molecule has 0 N–H and O–H groups in total. The smallest absolute Gasteiger partial charge is 0.259 e. The summed E-state index contributed by atoms with van der Waals surface area (Å²) >= 11 is 0. The molecule has 2 aliphatic rings. The van der Waals surface area contributed by atoms with E-state index in [2.05, 4.69) is 20.2 Å². The number of nitrogens with zero attached hydrogens (tertiary/aromatic N) is 7. The van der Waals surface area contributed by atoms with Crippen molar-refractivity contribution in [2.75, 3.05) is 31.1 Å². The van der Waals surface area contributed by atoms with Crippen molar-refractivity contribution in [1.82, 2.24) is 29.9 Å². The van der Waals surface area contributed by atoms with Crippen LogP contribution in [0.1, 0.15) is 35.6 Å². The third kappa shape index (κ3) is 3.88. The van der Waals surface area contributed by atoms with E-state index in [9.17, 15) is 18.0 Å². The van der Waals surface area contributed by atoms with Crippen molar-refractivity contribution in [2.45, 2.75) is 26.4 Å². The molecule has 3 aromatic rings. The van der Waals surface area contributed by atoms with Crippen LogP contribution < -0.4 is 4.90 Å². The highest BCUT2D eigenvalue weighted by atomic mass is 19.1. The number of fused-ring (bicyclic) bond motifs is 1. The predicted octanol–water partition coefficient (Wildman–Crippen LogP) is 3.06. The molecular formula is C23H24F3N7O. The zero-order valence-corrected chi connectivity index (χ0v) is 19.0. The van der Waals surface area contributed by atoms with Crippen LogP contribution >= 0.6 is 0 Å². The monoisotopic (exact) mass is 471 g/mol. The summed E-state index contributed by atoms with van der Waals surface area (Å²) < 4.78 is 43.8. The number of likely N-dealkylation sites (tertiary alicyclic amines) is 1. The average molecular weight is 471 g/mol. The molecule has 178 valence electrons. The lowest BCUT2D eigenvalue weighted by atomic mass is 10.0. The minimum Gasteiger partial charge on any atom is -0.340 e. The number of carbonyl (C=O) groups excluding carboxylic acids is 1. The Hall–Kier alpha value is -3.50. The fraction of sp³-hybridized carbons (Fsp3) is 0.435. The Kier molecular flexibility index (Phi) is 5.29. The molecule has 2 atom stereocenters. The van der Waals surface area contributed by atoms with Crippen LogP contribution in [0.5, 0.6) is 0 Å². The molecular weight excluding hydrogens is 447 g/mol. The molecule has 8 nitrogen and oxygen atoms in total. The van der Waals surface area contributed by atoms with Gasteiger partial charge in [0.2, 0.25) is 5.95 Å². The first-order valence-electron chi connectivity index (χ1n) is 11.1. The molecule has 0 bridgehead atoms. The van der Waals surface area contributed by atoms with E-state index in [1.807, 2.05) is 4.90 Å². The molecule has 4 heterocycles. The highest BCUT2D eigenvalue weighted by molar-refractivity contribution is 5.98. The van der Waals surface area contributed by atoms with Gasteiger partial charge in [-0.2, -0.15) is 10.2 Å². The van der Waals surface area contributed by atoms with Crippen molar-refractivity contribution in [3.8, 4) is 5.69 Å². The molecule has 2 saturated heterocycles. The fourth-order valence-electron chi connectivity index (χ4n) is 4.75. The van der Waals surface area contributed by atoms with Gasteiger partial charge in [0, 0.05) is 43.7 Å². The van der Waals surface area contributed by atoms with E-state index < -0.39 is 23.2 Å². The number of aromatic nitrogens is 5. The summed E-state index contributed by atoms with van der Waals surface area (Å²) in [5.74, 6) is -1.52. The molecule has 1 amide bonds. The number of hydrogen-bond acceptors (Lipinski definition) is 6. The Balaban J connectivity index is 1.36. The second-order valence-corrected chi connectivity index (χ2v) is 9.37. The van der Waals surface area contributed by atoms with E-state index in [0.29, 0.717) is 43.5 Å². The highest BCUT2D eigenvalue weighted by Gasteiger charge is 2.43. The number of rotatable bonds is 4. The van der Waals surface area contributed by atoms with E-state index in [4.69, 9.17) is 0 Å². The van der Waals surface area contributed by atoms with E-state index in [0.717, 1.165) is 16.9 Å². The van der Waals surface area contributed by atoms with Gasteiger partial charge in [0.05, 0.1) is 18.1 Å². The number of benzene rings is 1. The largest absolute Gasteiger partial charge is 0.340 e. The average Bonchev–Trinajstić information content (AvgIpc) is 3.50. The van der Waals surface area contributed by atoms with Gasteiger partial charge in [-0.25, -0.2) is 23.1 Å². The number of carbonyl (C=O) groups is 1. The summed E-state index contributed by atoms with van der Waals surface area (Å²) in [4.78, 5) is 26.7. The SMILES string of the molecule is Cc1cc(C(C)(C)F)nc(N2C[C@H]3CN(C(=O)c4c(F)ccc(F)c4-n4nccn4)C[C@H]3C2)n1. The fourth-order valence-corrected chi connectivity index (χ4v) is 4.75. The lowest BCUT2D eigenvalue weighted by Crippen LogP contribution is -2.35. The Morgan fingerprint density at radius 2 is 1.62 bits per heavy atom. The molecule has 0 unspecified atom stereocenters. The minimum atomic E-state index is -1.59. The van der Waals surface area contributed by atoms with Crippen LogP contribution in [0.15, 0.2) is 30.6 Å². The first-order chi connectivity index (χ1) is 16.1. The predicted molar refractivity (Wildman–Crippen MR) is 117 cm³/mol. The molecule has 0 aliphatic carbocycles. The summed E-state index contributed by atoms with van der Waals surface area (Å²) in [6, 6.07) is 3.53. The Morgan fingerprint density at radius 3 is 2.24 bits per heavy atom. The van der Waals surface area contributed by atoms with Gasteiger partial charge in [0.25, 0.3) is 5.91 Å². The van der Waals surface area contributed by atoms with Crippen molar-refractivity contribution in [3.63, 3.8) is 0 Å². The summed E-state index contributed by atoms with van der Waals surface area (Å²) in [5, 5.41) is 7.74. The summed E-state index contributed by atoms with van der Waals surface area (Å²) in [6.07, 6.45) is 2.66. The van der Waals surface area contributed by atoms with Gasteiger partial charge < -0.3 is 9.80 Å². The van der Waals surface area contributed by atoms with E-state index >= 15 is 0 Å². The molecule has 2 aliphatic heterocycles. The topological polar surface area (TPSA) is 80.0 Å². The van der Waals surface area contributed by atoms with Crippen LogP contribution in [0.25, 0.3) is 5.69 Å². The molecule has 11 heteroatoms. The van der Waals surface area contributed by atoms with E-state index in [1.54, 1.807) is 17.9 Å². The van der Waals surface area contributed by atoms with Crippen molar-refractivity contribution in [2.24, 2.45) is 11.8 Å². The standard InChI is InChI=1S/C23H24F3N7O/c1-13-8-18(23(2,3)26)30-22(29-13)32-11-14-9-31(10-15(14)12-32)21(34)19-16(24)4-5-17(25)20(19)33-27-6-7-28-33/h4-8,14-15H,9-12H2,1-3H3/t14-,15+. The summed E-state index contributed by atoms with van der Waals surface area (Å²) in [5.41, 5.74) is -1.27. The zero-order chi connectivity index (χ0) is 24.2. The number of alkyl halides is 1. The number of halogens is 3. The van der Waals surface area contributed by atoms with Gasteiger partial charge in [-0.1, -0.05) is 0 Å².